The van der Waals surface area contributed by atoms with Gasteiger partial charge in [0.1, 0.15) is 11.6 Å². The van der Waals surface area contributed by atoms with Gasteiger partial charge in [0.15, 0.2) is 5.13 Å². The molecule has 1 N–H and O–H groups in total. The lowest BCUT2D eigenvalue weighted by Crippen LogP contribution is -2.11. The van der Waals surface area contributed by atoms with E-state index in [1.165, 1.54) is 29.5 Å². The van der Waals surface area contributed by atoms with Gasteiger partial charge in [-0.05, 0) is 48.9 Å². The lowest BCUT2D eigenvalue weighted by atomic mass is 10.1. The summed E-state index contributed by atoms with van der Waals surface area (Å²) < 4.78 is 18.4. The van der Waals surface area contributed by atoms with Gasteiger partial charge in [0.05, 0.1) is 12.8 Å². The minimum Gasteiger partial charge on any atom is -0.496 e. The standard InChI is InChI=1S/C18H15FN2O2S/c1-11-8-12(6-7-16(11)23-2)15-10-24-18(20-15)21-17(22)13-4-3-5-14(19)9-13/h3-10H,1-2H3,(H,20,21,22). The molecule has 0 unspecified atom stereocenters. The number of ether oxygens (including phenoxy) is 1. The maximum Gasteiger partial charge on any atom is 0.257 e. The molecule has 1 amide bonds. The molecule has 0 radical (unpaired) electrons. The lowest BCUT2D eigenvalue weighted by Gasteiger charge is -2.05. The van der Waals surface area contributed by atoms with Gasteiger partial charge in [-0.25, -0.2) is 9.37 Å². The van der Waals surface area contributed by atoms with Crippen molar-refractivity contribution in [2.75, 3.05) is 12.4 Å². The van der Waals surface area contributed by atoms with E-state index in [1.807, 2.05) is 30.5 Å². The molecule has 0 saturated heterocycles. The van der Waals surface area contributed by atoms with Crippen LogP contribution in [0.5, 0.6) is 5.75 Å². The molecule has 24 heavy (non-hydrogen) atoms. The van der Waals surface area contributed by atoms with Crippen molar-refractivity contribution >= 4 is 22.4 Å². The second kappa shape index (κ2) is 6.80. The fourth-order valence-electron chi connectivity index (χ4n) is 2.30. The van der Waals surface area contributed by atoms with Crippen LogP contribution in [-0.4, -0.2) is 18.0 Å². The lowest BCUT2D eigenvalue weighted by molar-refractivity contribution is 0.102. The molecule has 1 aromatic heterocycles. The number of nitrogens with zero attached hydrogens (tertiary/aromatic N) is 1. The number of nitrogens with one attached hydrogen (secondary N) is 1. The Balaban J connectivity index is 1.78. The zero-order valence-electron chi connectivity index (χ0n) is 13.2. The van der Waals surface area contributed by atoms with Crippen LogP contribution in [0.3, 0.4) is 0 Å². The third-order valence-corrected chi connectivity index (χ3v) is 4.26. The summed E-state index contributed by atoms with van der Waals surface area (Å²) in [6.45, 7) is 1.96. The zero-order chi connectivity index (χ0) is 17.1. The highest BCUT2D eigenvalue weighted by Crippen LogP contribution is 2.29. The van der Waals surface area contributed by atoms with Crippen molar-refractivity contribution in [1.82, 2.24) is 4.98 Å². The monoisotopic (exact) mass is 342 g/mol. The largest absolute Gasteiger partial charge is 0.496 e. The number of halogens is 1. The Hall–Kier alpha value is -2.73. The Bertz CT molecular complexity index is 892. The van der Waals surface area contributed by atoms with Crippen LogP contribution in [0.15, 0.2) is 47.8 Å². The van der Waals surface area contributed by atoms with Crippen LogP contribution in [0.1, 0.15) is 15.9 Å². The number of carbonyl (C=O) groups excluding carboxylic acids is 1. The van der Waals surface area contributed by atoms with Gasteiger partial charge in [0.25, 0.3) is 5.91 Å². The molecule has 0 aliphatic rings. The van der Waals surface area contributed by atoms with E-state index in [9.17, 15) is 9.18 Å². The number of hydrogen-bond donors (Lipinski definition) is 1. The molecule has 0 bridgehead atoms. The second-order valence-electron chi connectivity index (χ2n) is 5.19. The molecule has 1 heterocycles. The molecule has 3 rings (SSSR count). The predicted molar refractivity (Wildman–Crippen MR) is 93.2 cm³/mol. The molecule has 0 aliphatic carbocycles. The Morgan fingerprint density at radius 2 is 2.08 bits per heavy atom. The minimum atomic E-state index is -0.448. The van der Waals surface area contributed by atoms with Crippen LogP contribution >= 0.6 is 11.3 Å². The van der Waals surface area contributed by atoms with Gasteiger partial charge in [-0.2, -0.15) is 0 Å². The Labute approximate surface area is 142 Å². The van der Waals surface area contributed by atoms with Crippen molar-refractivity contribution in [1.29, 1.82) is 0 Å². The number of thiazole rings is 1. The summed E-state index contributed by atoms with van der Waals surface area (Å²) in [6, 6.07) is 11.3. The number of benzene rings is 2. The van der Waals surface area contributed by atoms with Crippen LogP contribution in [0, 0.1) is 12.7 Å². The van der Waals surface area contributed by atoms with E-state index < -0.39 is 5.82 Å². The molecular weight excluding hydrogens is 327 g/mol. The number of rotatable bonds is 4. The van der Waals surface area contributed by atoms with Gasteiger partial charge in [0.2, 0.25) is 0 Å². The Morgan fingerprint density at radius 3 is 2.79 bits per heavy atom. The number of methoxy groups -OCH3 is 1. The number of amides is 1. The first kappa shape index (κ1) is 16.1. The van der Waals surface area contributed by atoms with Gasteiger partial charge in [-0.3, -0.25) is 10.1 Å². The SMILES string of the molecule is COc1ccc(-c2csc(NC(=O)c3cccc(F)c3)n2)cc1C. The van der Waals surface area contributed by atoms with Crippen LogP contribution in [0.4, 0.5) is 9.52 Å². The summed E-state index contributed by atoms with van der Waals surface area (Å²) in [5, 5.41) is 5.02. The van der Waals surface area contributed by atoms with Crippen LogP contribution in [-0.2, 0) is 0 Å². The predicted octanol–water partition coefficient (Wildman–Crippen LogP) is 4.52. The quantitative estimate of drug-likeness (QED) is 0.758. The van der Waals surface area contributed by atoms with E-state index in [0.29, 0.717) is 5.13 Å². The summed E-state index contributed by atoms with van der Waals surface area (Å²) >= 11 is 1.32. The number of hydrogen-bond acceptors (Lipinski definition) is 4. The third-order valence-electron chi connectivity index (χ3n) is 3.50. The summed E-state index contributed by atoms with van der Waals surface area (Å²) in [5.41, 5.74) is 2.97. The minimum absolute atomic E-state index is 0.257. The topological polar surface area (TPSA) is 51.2 Å². The maximum atomic E-state index is 13.2. The smallest absolute Gasteiger partial charge is 0.257 e. The van der Waals surface area contributed by atoms with Crippen molar-refractivity contribution in [3.05, 3.63) is 64.8 Å². The van der Waals surface area contributed by atoms with Crippen molar-refractivity contribution in [2.24, 2.45) is 0 Å². The maximum absolute atomic E-state index is 13.2. The van der Waals surface area contributed by atoms with Gasteiger partial charge in [-0.1, -0.05) is 6.07 Å². The van der Waals surface area contributed by atoms with Gasteiger partial charge in [-0.15, -0.1) is 11.3 Å². The van der Waals surface area contributed by atoms with Gasteiger partial charge >= 0.3 is 0 Å². The highest BCUT2D eigenvalue weighted by atomic mass is 32.1. The molecule has 0 fully saturated rings. The van der Waals surface area contributed by atoms with Gasteiger partial charge in [0, 0.05) is 16.5 Å². The normalized spacial score (nSPS) is 10.5. The average molecular weight is 342 g/mol. The van der Waals surface area contributed by atoms with Gasteiger partial charge < -0.3 is 4.74 Å². The molecule has 122 valence electrons. The zero-order valence-corrected chi connectivity index (χ0v) is 14.0. The molecule has 4 nitrogen and oxygen atoms in total. The van der Waals surface area contributed by atoms with E-state index in [0.717, 1.165) is 22.6 Å². The molecule has 0 atom stereocenters. The second-order valence-corrected chi connectivity index (χ2v) is 6.04. The fourth-order valence-corrected chi connectivity index (χ4v) is 3.02. The first-order valence-corrected chi connectivity index (χ1v) is 8.12. The highest BCUT2D eigenvalue weighted by molar-refractivity contribution is 7.14. The first-order valence-electron chi connectivity index (χ1n) is 7.24. The number of carbonyl (C=O) groups is 1. The van der Waals surface area contributed by atoms with E-state index in [4.69, 9.17) is 4.74 Å². The van der Waals surface area contributed by atoms with E-state index in [1.54, 1.807) is 13.2 Å². The van der Waals surface area contributed by atoms with Crippen LogP contribution in [0.2, 0.25) is 0 Å². The Morgan fingerprint density at radius 1 is 1.25 bits per heavy atom. The highest BCUT2D eigenvalue weighted by Gasteiger charge is 2.11. The van der Waals surface area contributed by atoms with Crippen molar-refractivity contribution in [3.63, 3.8) is 0 Å². The van der Waals surface area contributed by atoms with E-state index in [-0.39, 0.29) is 11.5 Å². The van der Waals surface area contributed by atoms with Crippen LogP contribution in [0.25, 0.3) is 11.3 Å². The van der Waals surface area contributed by atoms with E-state index >= 15 is 0 Å². The number of aryl methyl sites for hydroxylation is 1. The molecule has 0 spiro atoms. The molecule has 6 heteroatoms. The first-order chi connectivity index (χ1) is 11.6. The molecule has 0 saturated carbocycles. The number of aromatic nitrogens is 1. The van der Waals surface area contributed by atoms with Crippen LogP contribution < -0.4 is 10.1 Å². The third kappa shape index (κ3) is 3.44. The summed E-state index contributed by atoms with van der Waals surface area (Å²) in [7, 11) is 1.63. The fraction of sp³-hybridized carbons (Fsp3) is 0.111. The average Bonchev–Trinajstić information content (AvgIpc) is 3.03. The molecular formula is C18H15FN2O2S. The summed E-state index contributed by atoms with van der Waals surface area (Å²) in [5.74, 6) is -0.0221. The van der Waals surface area contributed by atoms with Crippen molar-refractivity contribution in [2.45, 2.75) is 6.92 Å². The number of anilines is 1. The van der Waals surface area contributed by atoms with E-state index in [2.05, 4.69) is 10.3 Å². The summed E-state index contributed by atoms with van der Waals surface area (Å²) in [4.78, 5) is 16.5. The molecule has 2 aromatic carbocycles. The van der Waals surface area contributed by atoms with Crippen molar-refractivity contribution in [3.8, 4) is 17.0 Å². The Kier molecular flexibility index (Phi) is 4.57. The molecule has 3 aromatic rings. The summed E-state index contributed by atoms with van der Waals surface area (Å²) in [6.07, 6.45) is 0. The molecule has 0 aliphatic heterocycles. The van der Waals surface area contributed by atoms with Crippen molar-refractivity contribution < 1.29 is 13.9 Å².